The van der Waals surface area contributed by atoms with Crippen LogP contribution in [-0.2, 0) is 6.42 Å². The van der Waals surface area contributed by atoms with E-state index in [9.17, 15) is 4.79 Å². The summed E-state index contributed by atoms with van der Waals surface area (Å²) in [5.74, 6) is 0.509. The molecular weight excluding hydrogens is 218 g/mol. The monoisotopic (exact) mass is 227 g/mol. The summed E-state index contributed by atoms with van der Waals surface area (Å²) < 4.78 is 0. The molecule has 6 heteroatoms. The van der Waals surface area contributed by atoms with Crippen LogP contribution in [0, 0.1) is 0 Å². The van der Waals surface area contributed by atoms with Gasteiger partial charge in [-0.15, -0.1) is 10.2 Å². The van der Waals surface area contributed by atoms with Gasteiger partial charge < -0.3 is 4.98 Å². The molecule has 2 aliphatic rings. The number of tetrazole rings is 1. The van der Waals surface area contributed by atoms with Gasteiger partial charge in [0.2, 0.25) is 0 Å². The Labute approximate surface area is 96.0 Å². The Hall–Kier alpha value is -2.50. The van der Waals surface area contributed by atoms with Gasteiger partial charge in [-0.2, -0.15) is 5.21 Å². The third kappa shape index (κ3) is 1.69. The maximum atomic E-state index is 11.8. The number of nitrogens with zero attached hydrogens (tertiary/aromatic N) is 3. The van der Waals surface area contributed by atoms with E-state index in [1.54, 1.807) is 0 Å². The van der Waals surface area contributed by atoms with Crippen LogP contribution in [0.25, 0.3) is 11.3 Å². The van der Waals surface area contributed by atoms with Crippen molar-refractivity contribution in [2.75, 3.05) is 0 Å². The van der Waals surface area contributed by atoms with Crippen LogP contribution >= 0.6 is 0 Å². The first-order chi connectivity index (χ1) is 8.34. The number of hydrogen-bond acceptors (Lipinski definition) is 4. The lowest BCUT2D eigenvalue weighted by Gasteiger charge is -1.94. The molecule has 1 aliphatic carbocycles. The van der Waals surface area contributed by atoms with Crippen molar-refractivity contribution in [1.29, 1.82) is 0 Å². The van der Waals surface area contributed by atoms with Gasteiger partial charge in [-0.1, -0.05) is 29.5 Å². The van der Waals surface area contributed by atoms with Crippen molar-refractivity contribution in [2.24, 2.45) is 0 Å². The van der Waals surface area contributed by atoms with Gasteiger partial charge in [-0.05, 0) is 6.07 Å². The Balaban J connectivity index is 2.13. The molecule has 0 amide bonds. The lowest BCUT2D eigenvalue weighted by molar-refractivity contribution is 0.881. The van der Waals surface area contributed by atoms with Gasteiger partial charge in [0.1, 0.15) is 0 Å². The highest BCUT2D eigenvalue weighted by molar-refractivity contribution is 5.65. The highest BCUT2D eigenvalue weighted by Gasteiger charge is 2.15. The minimum Gasteiger partial charge on any atom is -0.322 e. The molecule has 17 heavy (non-hydrogen) atoms. The summed E-state index contributed by atoms with van der Waals surface area (Å²) in [6, 6.07) is 9.47. The summed E-state index contributed by atoms with van der Waals surface area (Å²) in [7, 11) is 0. The molecule has 6 nitrogen and oxygen atoms in total. The maximum absolute atomic E-state index is 11.8. The summed E-state index contributed by atoms with van der Waals surface area (Å²) >= 11 is 0. The van der Waals surface area contributed by atoms with Crippen molar-refractivity contribution < 1.29 is 0 Å². The summed E-state index contributed by atoms with van der Waals surface area (Å²) in [5.41, 5.74) is 2.27. The minimum absolute atomic E-state index is 0.101. The maximum Gasteiger partial charge on any atom is 0.252 e. The topological polar surface area (TPSA) is 87.3 Å². The minimum atomic E-state index is -0.101. The fourth-order valence-electron chi connectivity index (χ4n) is 1.83. The zero-order chi connectivity index (χ0) is 11.7. The van der Waals surface area contributed by atoms with E-state index in [1.165, 1.54) is 0 Å². The third-order valence-corrected chi connectivity index (χ3v) is 2.61. The number of H-pyrrole nitrogens is 2. The first kappa shape index (κ1) is 9.71. The van der Waals surface area contributed by atoms with E-state index in [1.807, 2.05) is 30.3 Å². The molecule has 1 aliphatic heterocycles. The van der Waals surface area contributed by atoms with Crippen molar-refractivity contribution in [1.82, 2.24) is 25.6 Å². The van der Waals surface area contributed by atoms with Gasteiger partial charge in [0.15, 0.2) is 5.82 Å². The molecule has 0 saturated carbocycles. The average Bonchev–Trinajstić information content (AvgIpc) is 2.85. The van der Waals surface area contributed by atoms with Crippen LogP contribution in [0.3, 0.4) is 0 Å². The van der Waals surface area contributed by atoms with E-state index in [2.05, 4.69) is 25.6 Å². The highest BCUT2D eigenvalue weighted by atomic mass is 16.1. The second-order valence-corrected chi connectivity index (χ2v) is 3.68. The molecule has 0 saturated heterocycles. The van der Waals surface area contributed by atoms with Crippen LogP contribution in [0.2, 0.25) is 0 Å². The van der Waals surface area contributed by atoms with Crippen LogP contribution in [-0.4, -0.2) is 25.6 Å². The van der Waals surface area contributed by atoms with Crippen LogP contribution < -0.4 is 5.56 Å². The predicted molar refractivity (Wildman–Crippen MR) is 60.7 cm³/mol. The first-order valence-electron chi connectivity index (χ1n) is 5.17. The van der Waals surface area contributed by atoms with Crippen molar-refractivity contribution in [3.8, 4) is 11.3 Å². The molecule has 1 aromatic rings. The molecule has 0 radical (unpaired) electrons. The van der Waals surface area contributed by atoms with E-state index in [0.29, 0.717) is 17.8 Å². The first-order valence-corrected chi connectivity index (χ1v) is 5.17. The van der Waals surface area contributed by atoms with Gasteiger partial charge in [0.05, 0.1) is 0 Å². The van der Waals surface area contributed by atoms with Crippen LogP contribution in [0.5, 0.6) is 0 Å². The molecule has 84 valence electrons. The van der Waals surface area contributed by atoms with Gasteiger partial charge in [-0.25, -0.2) is 0 Å². The predicted octanol–water partition coefficient (Wildman–Crippen LogP) is 0.584. The molecule has 0 bridgehead atoms. The molecule has 0 unspecified atom stereocenters. The Kier molecular flexibility index (Phi) is 2.18. The number of aromatic nitrogens is 5. The van der Waals surface area contributed by atoms with Crippen molar-refractivity contribution in [3.05, 3.63) is 52.1 Å². The Morgan fingerprint density at radius 2 is 2.06 bits per heavy atom. The third-order valence-electron chi connectivity index (χ3n) is 2.61. The molecule has 0 aromatic carbocycles. The summed E-state index contributed by atoms with van der Waals surface area (Å²) in [6.07, 6.45) is 0.374. The molecule has 0 fully saturated rings. The Morgan fingerprint density at radius 3 is 2.88 bits per heavy atom. The van der Waals surface area contributed by atoms with E-state index in [-0.39, 0.29) is 5.56 Å². The van der Waals surface area contributed by atoms with E-state index < -0.39 is 0 Å². The fourth-order valence-corrected chi connectivity index (χ4v) is 1.83. The van der Waals surface area contributed by atoms with Crippen LogP contribution in [0.4, 0.5) is 0 Å². The second kappa shape index (κ2) is 3.82. The van der Waals surface area contributed by atoms with E-state index >= 15 is 0 Å². The van der Waals surface area contributed by atoms with Crippen molar-refractivity contribution in [3.63, 3.8) is 0 Å². The zero-order valence-corrected chi connectivity index (χ0v) is 8.84. The number of nitrogens with one attached hydrogen (secondary N) is 2. The average molecular weight is 227 g/mol. The lowest BCUT2D eigenvalue weighted by atomic mass is 10.1. The summed E-state index contributed by atoms with van der Waals surface area (Å²) in [4.78, 5) is 14.6. The fraction of sp³-hybridized carbons (Fsp3) is 0.0909. The number of aromatic amines is 2. The van der Waals surface area contributed by atoms with Gasteiger partial charge >= 0.3 is 0 Å². The van der Waals surface area contributed by atoms with Gasteiger partial charge in [-0.3, -0.25) is 4.79 Å². The number of rotatable bonds is 2. The normalized spacial score (nSPS) is 10.8. The largest absolute Gasteiger partial charge is 0.322 e. The van der Waals surface area contributed by atoms with E-state index in [0.717, 1.165) is 11.3 Å². The molecular formula is C11H9N5O. The summed E-state index contributed by atoms with van der Waals surface area (Å²) in [5, 5.41) is 13.6. The van der Waals surface area contributed by atoms with Crippen LogP contribution in [0.1, 0.15) is 11.4 Å². The van der Waals surface area contributed by atoms with Crippen molar-refractivity contribution >= 4 is 0 Å². The highest BCUT2D eigenvalue weighted by Crippen LogP contribution is 2.21. The number of fused-ring (bicyclic) bond motifs is 1. The quantitative estimate of drug-likeness (QED) is 0.670. The lowest BCUT2D eigenvalue weighted by Crippen LogP contribution is -2.06. The molecule has 2 N–H and O–H groups in total. The molecule has 0 spiro atoms. The van der Waals surface area contributed by atoms with Gasteiger partial charge in [0.25, 0.3) is 5.56 Å². The summed E-state index contributed by atoms with van der Waals surface area (Å²) in [6.45, 7) is 0. The SMILES string of the molecule is O=c1[nH]c2cccccc-2c1Cc1nn[nH]n1. The van der Waals surface area contributed by atoms with Crippen LogP contribution in [0.15, 0.2) is 35.1 Å². The van der Waals surface area contributed by atoms with Crippen molar-refractivity contribution in [2.45, 2.75) is 6.42 Å². The molecule has 2 heterocycles. The number of hydrogen-bond donors (Lipinski definition) is 2. The second-order valence-electron chi connectivity index (χ2n) is 3.68. The smallest absolute Gasteiger partial charge is 0.252 e. The molecule has 1 aromatic heterocycles. The Morgan fingerprint density at radius 1 is 1.18 bits per heavy atom. The Bertz CT molecular complexity index is 658. The standard InChI is InChI=1S/C11H9N5O/c17-11-8(6-10-13-15-16-14-10)7-4-2-1-3-5-9(7)12-11/h1-5H,6H2,(H,12,17)(H,13,14,15,16). The zero-order valence-electron chi connectivity index (χ0n) is 8.84. The molecule has 0 atom stereocenters. The van der Waals surface area contributed by atoms with E-state index in [4.69, 9.17) is 0 Å². The van der Waals surface area contributed by atoms with Gasteiger partial charge in [0, 0.05) is 23.2 Å². The molecule has 3 rings (SSSR count).